The Kier molecular flexibility index (Phi) is 25.5. The molecule has 6 heteroatoms. The van der Waals surface area contributed by atoms with E-state index >= 15 is 0 Å². The van der Waals surface area contributed by atoms with E-state index in [0.29, 0.717) is 12.2 Å². The highest BCUT2D eigenvalue weighted by molar-refractivity contribution is 7.80. The van der Waals surface area contributed by atoms with E-state index in [1.807, 2.05) is 20.9 Å². The lowest BCUT2D eigenvalue weighted by Gasteiger charge is -2.09. The SMILES string of the molecule is CC.CCNC.CNC(=O)C(CS)NC=O. The van der Waals surface area contributed by atoms with E-state index in [-0.39, 0.29) is 5.91 Å². The van der Waals surface area contributed by atoms with Crippen LogP contribution in [0.5, 0.6) is 0 Å². The Labute approximate surface area is 104 Å². The van der Waals surface area contributed by atoms with Crippen LogP contribution in [0.2, 0.25) is 0 Å². The van der Waals surface area contributed by atoms with Crippen LogP contribution in [0.4, 0.5) is 0 Å². The quantitative estimate of drug-likeness (QED) is 0.411. The van der Waals surface area contributed by atoms with Crippen molar-refractivity contribution >= 4 is 24.9 Å². The predicted octanol–water partition coefficient (Wildman–Crippen LogP) is 0.0287. The summed E-state index contributed by atoms with van der Waals surface area (Å²) in [5, 5.41) is 7.64. The summed E-state index contributed by atoms with van der Waals surface area (Å²) in [7, 11) is 3.44. The number of carbonyl (C=O) groups is 2. The molecule has 16 heavy (non-hydrogen) atoms. The summed E-state index contributed by atoms with van der Waals surface area (Å²) in [4.78, 5) is 20.6. The van der Waals surface area contributed by atoms with Gasteiger partial charge >= 0.3 is 0 Å². The third kappa shape index (κ3) is 15.7. The lowest BCUT2D eigenvalue weighted by molar-refractivity contribution is -0.124. The third-order valence-electron chi connectivity index (χ3n) is 1.37. The van der Waals surface area contributed by atoms with Crippen molar-refractivity contribution in [2.75, 3.05) is 26.4 Å². The summed E-state index contributed by atoms with van der Waals surface area (Å²) in [6.07, 6.45) is 0.482. The van der Waals surface area contributed by atoms with Gasteiger partial charge in [-0.15, -0.1) is 0 Å². The highest BCUT2D eigenvalue weighted by atomic mass is 32.1. The number of thiol groups is 1. The smallest absolute Gasteiger partial charge is 0.243 e. The van der Waals surface area contributed by atoms with Crippen molar-refractivity contribution in [2.24, 2.45) is 0 Å². The molecule has 1 unspecified atom stereocenters. The molecule has 0 fully saturated rings. The molecule has 0 aromatic carbocycles. The second kappa shape index (κ2) is 19.8. The van der Waals surface area contributed by atoms with Gasteiger partial charge in [-0.2, -0.15) is 12.6 Å². The Bertz CT molecular complexity index is 155. The van der Waals surface area contributed by atoms with E-state index in [1.54, 1.807) is 0 Å². The summed E-state index contributed by atoms with van der Waals surface area (Å²) in [5.41, 5.74) is 0. The van der Waals surface area contributed by atoms with Crippen LogP contribution in [0.1, 0.15) is 20.8 Å². The Morgan fingerprint density at radius 2 is 1.81 bits per heavy atom. The van der Waals surface area contributed by atoms with Crippen LogP contribution < -0.4 is 16.0 Å². The fraction of sp³-hybridized carbons (Fsp3) is 0.800. The van der Waals surface area contributed by atoms with Gasteiger partial charge < -0.3 is 16.0 Å². The Hall–Kier alpha value is -0.750. The minimum Gasteiger partial charge on any atom is -0.357 e. The van der Waals surface area contributed by atoms with Crippen molar-refractivity contribution in [1.29, 1.82) is 0 Å². The molecule has 3 N–H and O–H groups in total. The Morgan fingerprint density at radius 3 is 2.00 bits per heavy atom. The van der Waals surface area contributed by atoms with E-state index in [9.17, 15) is 9.59 Å². The molecule has 0 rings (SSSR count). The summed E-state index contributed by atoms with van der Waals surface area (Å²) >= 11 is 3.86. The minimum absolute atomic E-state index is 0.234. The van der Waals surface area contributed by atoms with Crippen LogP contribution in [-0.4, -0.2) is 44.8 Å². The van der Waals surface area contributed by atoms with Gasteiger partial charge in [0.25, 0.3) is 0 Å². The largest absolute Gasteiger partial charge is 0.357 e. The second-order valence-electron chi connectivity index (χ2n) is 2.34. The molecule has 1 atom stereocenters. The maximum Gasteiger partial charge on any atom is 0.243 e. The molecule has 0 aromatic heterocycles. The maximum absolute atomic E-state index is 10.8. The van der Waals surface area contributed by atoms with Gasteiger partial charge in [0.15, 0.2) is 0 Å². The average Bonchev–Trinajstić information content (AvgIpc) is 2.37. The second-order valence-corrected chi connectivity index (χ2v) is 2.71. The standard InChI is InChI=1S/C5H10N2O2S.C3H9N.C2H6/c1-6-5(9)4(2-10)7-3-8;1-3-4-2;1-2/h3-4,10H,2H2,1H3,(H,6,9)(H,7,8);4H,3H2,1-2H3;1-2H3. The molecule has 5 nitrogen and oxygen atoms in total. The molecule has 0 saturated heterocycles. The van der Waals surface area contributed by atoms with Crippen molar-refractivity contribution in [2.45, 2.75) is 26.8 Å². The van der Waals surface area contributed by atoms with Crippen LogP contribution in [0.15, 0.2) is 0 Å². The topological polar surface area (TPSA) is 70.2 Å². The fourth-order valence-electron chi connectivity index (χ4n) is 0.468. The van der Waals surface area contributed by atoms with Crippen molar-refractivity contribution in [1.82, 2.24) is 16.0 Å². The first kappa shape index (κ1) is 20.6. The van der Waals surface area contributed by atoms with Crippen LogP contribution >= 0.6 is 12.6 Å². The number of hydrogen-bond acceptors (Lipinski definition) is 4. The van der Waals surface area contributed by atoms with Crippen LogP contribution in [0.25, 0.3) is 0 Å². The van der Waals surface area contributed by atoms with Gasteiger partial charge in [0.05, 0.1) is 0 Å². The van der Waals surface area contributed by atoms with Crippen molar-refractivity contribution < 1.29 is 9.59 Å². The summed E-state index contributed by atoms with van der Waals surface area (Å²) < 4.78 is 0. The number of carbonyl (C=O) groups excluding carboxylic acids is 2. The maximum atomic E-state index is 10.8. The zero-order valence-corrected chi connectivity index (χ0v) is 11.7. The molecule has 0 aliphatic heterocycles. The van der Waals surface area contributed by atoms with Gasteiger partial charge in [0, 0.05) is 12.8 Å². The fourth-order valence-corrected chi connectivity index (χ4v) is 0.739. The zero-order valence-electron chi connectivity index (χ0n) is 10.8. The van der Waals surface area contributed by atoms with Crippen LogP contribution in [0.3, 0.4) is 0 Å². The molecule has 0 bridgehead atoms. The number of nitrogens with one attached hydrogen (secondary N) is 3. The lowest BCUT2D eigenvalue weighted by atomic mass is 10.3. The Morgan fingerprint density at radius 1 is 1.38 bits per heavy atom. The first-order valence-corrected chi connectivity index (χ1v) is 5.97. The van der Waals surface area contributed by atoms with Crippen LogP contribution in [-0.2, 0) is 9.59 Å². The predicted molar refractivity (Wildman–Crippen MR) is 71.9 cm³/mol. The highest BCUT2D eigenvalue weighted by Crippen LogP contribution is 1.85. The third-order valence-corrected chi connectivity index (χ3v) is 1.73. The molecule has 0 saturated carbocycles. The summed E-state index contributed by atoms with van der Waals surface area (Å²) in [5.74, 6) is 0.0698. The molecular weight excluding hydrogens is 226 g/mol. The zero-order chi connectivity index (χ0) is 13.4. The molecule has 2 amide bonds. The van der Waals surface area contributed by atoms with Gasteiger partial charge in [-0.05, 0) is 13.6 Å². The molecule has 98 valence electrons. The van der Waals surface area contributed by atoms with Gasteiger partial charge in [-0.3, -0.25) is 9.59 Å². The monoisotopic (exact) mass is 251 g/mol. The molecule has 0 aromatic rings. The van der Waals surface area contributed by atoms with E-state index in [2.05, 4.69) is 35.5 Å². The first-order valence-electron chi connectivity index (χ1n) is 5.34. The summed E-state index contributed by atoms with van der Waals surface area (Å²) in [6, 6.07) is -0.522. The van der Waals surface area contributed by atoms with Gasteiger partial charge in [0.2, 0.25) is 12.3 Å². The normalized spacial score (nSPS) is 9.62. The van der Waals surface area contributed by atoms with E-state index in [0.717, 1.165) is 6.54 Å². The first-order chi connectivity index (χ1) is 7.67. The van der Waals surface area contributed by atoms with Crippen molar-refractivity contribution in [3.05, 3.63) is 0 Å². The van der Waals surface area contributed by atoms with Crippen molar-refractivity contribution in [3.63, 3.8) is 0 Å². The Balaban J connectivity index is -0.000000237. The van der Waals surface area contributed by atoms with E-state index in [4.69, 9.17) is 0 Å². The molecule has 0 radical (unpaired) electrons. The van der Waals surface area contributed by atoms with Gasteiger partial charge in [-0.1, -0.05) is 20.8 Å². The van der Waals surface area contributed by atoms with E-state index < -0.39 is 6.04 Å². The highest BCUT2D eigenvalue weighted by Gasteiger charge is 2.12. The van der Waals surface area contributed by atoms with E-state index in [1.165, 1.54) is 7.05 Å². The number of rotatable bonds is 5. The number of hydrogen-bond donors (Lipinski definition) is 4. The molecule has 0 spiro atoms. The molecule has 0 aliphatic carbocycles. The van der Waals surface area contributed by atoms with Gasteiger partial charge in [-0.25, -0.2) is 0 Å². The molecule has 0 aliphatic rings. The lowest BCUT2D eigenvalue weighted by Crippen LogP contribution is -2.43. The number of likely N-dealkylation sites (N-methyl/N-ethyl adjacent to an activating group) is 1. The number of amides is 2. The average molecular weight is 251 g/mol. The minimum atomic E-state index is -0.522. The summed E-state index contributed by atoms with van der Waals surface area (Å²) in [6.45, 7) is 7.14. The molecule has 0 heterocycles. The van der Waals surface area contributed by atoms with Crippen molar-refractivity contribution in [3.8, 4) is 0 Å². The van der Waals surface area contributed by atoms with Gasteiger partial charge in [0.1, 0.15) is 6.04 Å². The van der Waals surface area contributed by atoms with Crippen LogP contribution in [0, 0.1) is 0 Å². The molecular formula is C10H25N3O2S.